The number of nitrogens with zero attached hydrogens (tertiary/aromatic N) is 3. The lowest BCUT2D eigenvalue weighted by molar-refractivity contribution is 0.533. The van der Waals surface area contributed by atoms with Crippen LogP contribution in [0.3, 0.4) is 0 Å². The van der Waals surface area contributed by atoms with E-state index in [0.717, 1.165) is 12.2 Å². The first kappa shape index (κ1) is 9.24. The van der Waals surface area contributed by atoms with Crippen molar-refractivity contribution in [3.63, 3.8) is 0 Å². The van der Waals surface area contributed by atoms with Crippen LogP contribution in [0, 0.1) is 5.92 Å². The summed E-state index contributed by atoms with van der Waals surface area (Å²) in [5.41, 5.74) is 0.866. The zero-order chi connectivity index (χ0) is 10.1. The quantitative estimate of drug-likeness (QED) is 0.710. The van der Waals surface area contributed by atoms with Crippen LogP contribution in [-0.2, 0) is 6.54 Å². The smallest absolute Gasteiger partial charge is 0.268 e. The van der Waals surface area contributed by atoms with Gasteiger partial charge in [0.05, 0.1) is 11.9 Å². The third kappa shape index (κ3) is 1.95. The van der Waals surface area contributed by atoms with Gasteiger partial charge in [0.15, 0.2) is 0 Å². The van der Waals surface area contributed by atoms with Gasteiger partial charge < -0.3 is 4.90 Å². The molecule has 0 bridgehead atoms. The van der Waals surface area contributed by atoms with Gasteiger partial charge in [-0.3, -0.25) is 4.79 Å². The summed E-state index contributed by atoms with van der Waals surface area (Å²) in [5.74, 6) is 0.686. The lowest BCUT2D eigenvalue weighted by Crippen LogP contribution is -2.24. The summed E-state index contributed by atoms with van der Waals surface area (Å²) in [6, 6.07) is 1.63. The Morgan fingerprint density at radius 3 is 2.79 bits per heavy atom. The van der Waals surface area contributed by atoms with Gasteiger partial charge in [-0.1, -0.05) is 0 Å². The summed E-state index contributed by atoms with van der Waals surface area (Å²) in [6.45, 7) is 0.784. The second-order valence-electron chi connectivity index (χ2n) is 4.07. The fourth-order valence-corrected chi connectivity index (χ4v) is 1.35. The molecule has 0 aromatic carbocycles. The van der Waals surface area contributed by atoms with E-state index < -0.39 is 0 Å². The molecule has 76 valence electrons. The van der Waals surface area contributed by atoms with Gasteiger partial charge in [-0.05, 0) is 18.8 Å². The number of hydrogen-bond acceptors (Lipinski definition) is 3. The molecule has 1 fully saturated rings. The van der Waals surface area contributed by atoms with Crippen molar-refractivity contribution in [3.8, 4) is 0 Å². The molecule has 1 saturated carbocycles. The minimum atomic E-state index is 0.00287. The Labute approximate surface area is 83.2 Å². The minimum absolute atomic E-state index is 0.00287. The summed E-state index contributed by atoms with van der Waals surface area (Å²) < 4.78 is 1.56. The van der Waals surface area contributed by atoms with Gasteiger partial charge in [0, 0.05) is 26.7 Å². The molecule has 1 aromatic rings. The number of hydrogen-bond donors (Lipinski definition) is 0. The molecule has 1 aromatic heterocycles. The lowest BCUT2D eigenvalue weighted by atomic mass is 10.4. The Hall–Kier alpha value is -1.32. The van der Waals surface area contributed by atoms with Gasteiger partial charge in [0.25, 0.3) is 5.56 Å². The first-order valence-electron chi connectivity index (χ1n) is 4.91. The fraction of sp³-hybridized carbons (Fsp3) is 0.600. The summed E-state index contributed by atoms with van der Waals surface area (Å²) in [5, 5.41) is 4.14. The van der Waals surface area contributed by atoms with E-state index in [1.807, 2.05) is 19.0 Å². The average Bonchev–Trinajstić information content (AvgIpc) is 2.92. The van der Waals surface area contributed by atoms with Crippen molar-refractivity contribution in [1.82, 2.24) is 9.78 Å². The summed E-state index contributed by atoms with van der Waals surface area (Å²) in [7, 11) is 3.81. The molecular weight excluding hydrogens is 178 g/mol. The van der Waals surface area contributed by atoms with Crippen LogP contribution in [0.4, 0.5) is 5.69 Å². The highest BCUT2D eigenvalue weighted by molar-refractivity contribution is 5.40. The van der Waals surface area contributed by atoms with E-state index in [0.29, 0.717) is 5.92 Å². The molecule has 0 saturated heterocycles. The van der Waals surface area contributed by atoms with Crippen molar-refractivity contribution >= 4 is 5.69 Å². The molecule has 4 nitrogen and oxygen atoms in total. The highest BCUT2D eigenvalue weighted by Gasteiger charge is 2.22. The monoisotopic (exact) mass is 193 g/mol. The number of aromatic nitrogens is 2. The van der Waals surface area contributed by atoms with Crippen LogP contribution in [-0.4, -0.2) is 23.9 Å². The summed E-state index contributed by atoms with van der Waals surface area (Å²) >= 11 is 0. The maximum atomic E-state index is 11.6. The Morgan fingerprint density at radius 2 is 2.29 bits per heavy atom. The zero-order valence-electron chi connectivity index (χ0n) is 8.60. The van der Waals surface area contributed by atoms with E-state index in [-0.39, 0.29) is 5.56 Å². The van der Waals surface area contributed by atoms with Gasteiger partial charge in [-0.15, -0.1) is 0 Å². The van der Waals surface area contributed by atoms with Gasteiger partial charge in [-0.2, -0.15) is 5.10 Å². The molecular formula is C10H15N3O. The van der Waals surface area contributed by atoms with E-state index in [4.69, 9.17) is 0 Å². The molecule has 1 aliphatic rings. The Balaban J connectivity index is 2.21. The van der Waals surface area contributed by atoms with Crippen LogP contribution in [0.5, 0.6) is 0 Å². The topological polar surface area (TPSA) is 38.1 Å². The molecule has 0 atom stereocenters. The average molecular weight is 193 g/mol. The summed E-state index contributed by atoms with van der Waals surface area (Å²) in [6.07, 6.45) is 4.22. The van der Waals surface area contributed by atoms with Crippen LogP contribution in [0.25, 0.3) is 0 Å². The van der Waals surface area contributed by atoms with Crippen molar-refractivity contribution in [2.45, 2.75) is 19.4 Å². The normalized spacial score (nSPS) is 15.6. The Morgan fingerprint density at radius 1 is 1.57 bits per heavy atom. The molecule has 0 amide bonds. The van der Waals surface area contributed by atoms with Crippen molar-refractivity contribution in [2.24, 2.45) is 5.92 Å². The highest BCUT2D eigenvalue weighted by atomic mass is 16.1. The third-order valence-electron chi connectivity index (χ3n) is 2.50. The Bertz CT molecular complexity index is 379. The van der Waals surface area contributed by atoms with Crippen molar-refractivity contribution < 1.29 is 0 Å². The summed E-state index contributed by atoms with van der Waals surface area (Å²) in [4.78, 5) is 13.5. The van der Waals surface area contributed by atoms with E-state index in [1.54, 1.807) is 16.9 Å². The molecule has 14 heavy (non-hydrogen) atoms. The maximum Gasteiger partial charge on any atom is 0.268 e. The van der Waals surface area contributed by atoms with E-state index in [1.165, 1.54) is 12.8 Å². The van der Waals surface area contributed by atoms with Crippen molar-refractivity contribution in [3.05, 3.63) is 22.6 Å². The number of rotatable bonds is 3. The Kier molecular flexibility index (Phi) is 2.27. The van der Waals surface area contributed by atoms with Crippen molar-refractivity contribution in [2.75, 3.05) is 19.0 Å². The first-order chi connectivity index (χ1) is 6.66. The second-order valence-corrected chi connectivity index (χ2v) is 4.07. The molecule has 0 N–H and O–H groups in total. The largest absolute Gasteiger partial charge is 0.376 e. The van der Waals surface area contributed by atoms with Crippen LogP contribution in [0.1, 0.15) is 12.8 Å². The zero-order valence-corrected chi connectivity index (χ0v) is 8.60. The molecule has 0 aliphatic heterocycles. The molecule has 2 rings (SSSR count). The predicted octanol–water partition coefficient (Wildman–Crippen LogP) is 0.719. The predicted molar refractivity (Wildman–Crippen MR) is 55.5 cm³/mol. The van der Waals surface area contributed by atoms with Crippen LogP contribution in [0.15, 0.2) is 17.1 Å². The fourth-order valence-electron chi connectivity index (χ4n) is 1.35. The lowest BCUT2D eigenvalue weighted by Gasteiger charge is -2.12. The molecule has 0 unspecified atom stereocenters. The van der Waals surface area contributed by atoms with Gasteiger partial charge in [-0.25, -0.2) is 4.68 Å². The van der Waals surface area contributed by atoms with E-state index in [9.17, 15) is 4.79 Å². The SMILES string of the molecule is CN(C)c1cnn(CC2CC2)c(=O)c1. The maximum absolute atomic E-state index is 11.6. The number of anilines is 1. The van der Waals surface area contributed by atoms with Crippen LogP contribution >= 0.6 is 0 Å². The third-order valence-corrected chi connectivity index (χ3v) is 2.50. The molecule has 0 spiro atoms. The highest BCUT2D eigenvalue weighted by Crippen LogP contribution is 2.29. The first-order valence-corrected chi connectivity index (χ1v) is 4.91. The van der Waals surface area contributed by atoms with Crippen LogP contribution in [0.2, 0.25) is 0 Å². The van der Waals surface area contributed by atoms with Gasteiger partial charge in [0.1, 0.15) is 0 Å². The van der Waals surface area contributed by atoms with E-state index >= 15 is 0 Å². The van der Waals surface area contributed by atoms with Gasteiger partial charge in [0.2, 0.25) is 0 Å². The van der Waals surface area contributed by atoms with E-state index in [2.05, 4.69) is 5.10 Å². The van der Waals surface area contributed by atoms with Crippen molar-refractivity contribution in [1.29, 1.82) is 0 Å². The molecule has 4 heteroatoms. The van der Waals surface area contributed by atoms with Gasteiger partial charge >= 0.3 is 0 Å². The van der Waals surface area contributed by atoms with Crippen LogP contribution < -0.4 is 10.5 Å². The second kappa shape index (κ2) is 3.44. The molecule has 1 heterocycles. The molecule has 1 aliphatic carbocycles. The minimum Gasteiger partial charge on any atom is -0.376 e. The molecule has 0 radical (unpaired) electrons. The standard InChI is InChI=1S/C10H15N3O/c1-12(2)9-5-10(14)13(11-6-9)7-8-3-4-8/h5-6,8H,3-4,7H2,1-2H3.